The standard InChI is InChI=1S/C54H38F3N3/c1-32-16-20-41(34(3)24-32)38-18-22-45-43-12-5-7-14-47(43)59(49(45)27-38)51-29-40(37-11-9-10-36(26-37)31-58)30-52(53(51)54(55,56)57)60-48-15-8-6-13-44(48)46-23-19-39(28-50(46)60)42-21-17-33(2)25-35(42)4/h5-30H,1-4H3. The minimum Gasteiger partial charge on any atom is -0.309 e. The average molecular weight is 786 g/mol. The van der Waals surface area contributed by atoms with Crippen molar-refractivity contribution in [3.63, 3.8) is 0 Å². The van der Waals surface area contributed by atoms with E-state index in [2.05, 4.69) is 82.3 Å². The van der Waals surface area contributed by atoms with Crippen LogP contribution in [0.4, 0.5) is 13.2 Å². The van der Waals surface area contributed by atoms with Gasteiger partial charge in [-0.05, 0) is 121 Å². The first-order chi connectivity index (χ1) is 29.0. The number of hydrogen-bond acceptors (Lipinski definition) is 1. The summed E-state index contributed by atoms with van der Waals surface area (Å²) in [5, 5.41) is 13.3. The van der Waals surface area contributed by atoms with Crippen molar-refractivity contribution >= 4 is 43.6 Å². The smallest absolute Gasteiger partial charge is 0.309 e. The summed E-state index contributed by atoms with van der Waals surface area (Å²) in [5.41, 5.74) is 11.8. The van der Waals surface area contributed by atoms with Gasteiger partial charge < -0.3 is 9.13 Å². The van der Waals surface area contributed by atoms with Crippen molar-refractivity contribution in [2.75, 3.05) is 0 Å². The highest BCUT2D eigenvalue weighted by Gasteiger charge is 2.39. The SMILES string of the molecule is Cc1ccc(-c2ccc3c4ccccc4n(-c4cc(-c5cccc(C#N)c5)cc(-n5c6ccccc6c6ccc(-c7ccc(C)cc7C)cc65)c4C(F)(F)F)c3c2)c(C)c1. The molecule has 10 aromatic rings. The lowest BCUT2D eigenvalue weighted by Gasteiger charge is -2.23. The Balaban J connectivity index is 1.37. The van der Waals surface area contributed by atoms with E-state index in [1.165, 1.54) is 0 Å². The van der Waals surface area contributed by atoms with Crippen molar-refractivity contribution < 1.29 is 13.2 Å². The zero-order valence-corrected chi connectivity index (χ0v) is 33.5. The first kappa shape index (κ1) is 36.9. The van der Waals surface area contributed by atoms with Gasteiger partial charge in [0, 0.05) is 21.5 Å². The second-order valence-electron chi connectivity index (χ2n) is 15.9. The fourth-order valence-electron chi connectivity index (χ4n) is 9.26. The third-order valence-corrected chi connectivity index (χ3v) is 11.9. The first-order valence-corrected chi connectivity index (χ1v) is 20.0. The number of alkyl halides is 3. The Kier molecular flexibility index (Phi) is 8.55. The van der Waals surface area contributed by atoms with E-state index in [9.17, 15) is 5.26 Å². The van der Waals surface area contributed by atoms with Crippen LogP contribution in [0.15, 0.2) is 158 Å². The van der Waals surface area contributed by atoms with Gasteiger partial charge in [-0.2, -0.15) is 18.4 Å². The minimum absolute atomic E-state index is 0.00203. The van der Waals surface area contributed by atoms with Gasteiger partial charge in [0.2, 0.25) is 0 Å². The van der Waals surface area contributed by atoms with E-state index in [1.807, 2.05) is 78.9 Å². The highest BCUT2D eigenvalue weighted by molar-refractivity contribution is 6.12. The predicted molar refractivity (Wildman–Crippen MR) is 240 cm³/mol. The number of benzene rings is 8. The van der Waals surface area contributed by atoms with Crippen LogP contribution in [0.1, 0.15) is 33.4 Å². The Bertz CT molecular complexity index is 3240. The summed E-state index contributed by atoms with van der Waals surface area (Å²) in [5.74, 6) is 0. The van der Waals surface area contributed by atoms with Crippen molar-refractivity contribution in [3.05, 3.63) is 191 Å². The molecule has 0 saturated carbocycles. The lowest BCUT2D eigenvalue weighted by molar-refractivity contribution is -0.137. The lowest BCUT2D eigenvalue weighted by Crippen LogP contribution is -2.16. The fourth-order valence-corrected chi connectivity index (χ4v) is 9.26. The van der Waals surface area contributed by atoms with Gasteiger partial charge in [-0.15, -0.1) is 0 Å². The zero-order valence-electron chi connectivity index (χ0n) is 33.5. The number of aromatic nitrogens is 2. The van der Waals surface area contributed by atoms with Gasteiger partial charge in [-0.3, -0.25) is 0 Å². The van der Waals surface area contributed by atoms with Crippen LogP contribution in [0.2, 0.25) is 0 Å². The van der Waals surface area contributed by atoms with Crippen molar-refractivity contribution in [1.29, 1.82) is 5.26 Å². The largest absolute Gasteiger partial charge is 0.420 e. The van der Waals surface area contributed by atoms with Crippen LogP contribution in [0.5, 0.6) is 0 Å². The molecule has 290 valence electrons. The van der Waals surface area contributed by atoms with Gasteiger partial charge in [0.25, 0.3) is 0 Å². The Labute approximate surface area is 345 Å². The van der Waals surface area contributed by atoms with Gasteiger partial charge in [-0.25, -0.2) is 0 Å². The molecule has 0 fully saturated rings. The van der Waals surface area contributed by atoms with Crippen LogP contribution in [0.3, 0.4) is 0 Å². The molecule has 0 spiro atoms. The molecule has 0 bridgehead atoms. The number of para-hydroxylation sites is 2. The molecule has 0 atom stereocenters. The number of nitrogens with zero attached hydrogens (tertiary/aromatic N) is 3. The van der Waals surface area contributed by atoms with E-state index < -0.39 is 11.7 Å². The topological polar surface area (TPSA) is 33.6 Å². The van der Waals surface area contributed by atoms with Crippen LogP contribution < -0.4 is 0 Å². The number of rotatable bonds is 5. The van der Waals surface area contributed by atoms with Crippen LogP contribution in [-0.4, -0.2) is 9.13 Å². The molecule has 0 aliphatic carbocycles. The molecule has 6 heteroatoms. The van der Waals surface area contributed by atoms with Gasteiger partial charge in [0.1, 0.15) is 5.56 Å². The first-order valence-electron chi connectivity index (χ1n) is 20.0. The van der Waals surface area contributed by atoms with Gasteiger partial charge >= 0.3 is 6.18 Å². The molecule has 0 N–H and O–H groups in total. The molecule has 0 amide bonds. The van der Waals surface area contributed by atoms with E-state index in [0.29, 0.717) is 38.8 Å². The summed E-state index contributed by atoms with van der Waals surface area (Å²) in [7, 11) is 0. The molecule has 60 heavy (non-hydrogen) atoms. The third kappa shape index (κ3) is 5.96. The average Bonchev–Trinajstić information content (AvgIpc) is 3.75. The quantitative estimate of drug-likeness (QED) is 0.171. The summed E-state index contributed by atoms with van der Waals surface area (Å²) >= 11 is 0. The highest BCUT2D eigenvalue weighted by Crippen LogP contribution is 2.47. The maximum Gasteiger partial charge on any atom is 0.420 e. The third-order valence-electron chi connectivity index (χ3n) is 11.9. The van der Waals surface area contributed by atoms with Crippen molar-refractivity contribution in [1.82, 2.24) is 9.13 Å². The van der Waals surface area contributed by atoms with E-state index in [0.717, 1.165) is 66.1 Å². The number of nitriles is 1. The van der Waals surface area contributed by atoms with E-state index in [4.69, 9.17) is 0 Å². The molecule has 2 aromatic heterocycles. The Morgan fingerprint density at radius 2 is 0.917 bits per heavy atom. The van der Waals surface area contributed by atoms with Crippen LogP contribution >= 0.6 is 0 Å². The van der Waals surface area contributed by atoms with E-state index in [-0.39, 0.29) is 11.4 Å². The van der Waals surface area contributed by atoms with Crippen LogP contribution in [-0.2, 0) is 6.18 Å². The Morgan fingerprint density at radius 1 is 0.433 bits per heavy atom. The van der Waals surface area contributed by atoms with Crippen LogP contribution in [0.25, 0.3) is 88.4 Å². The van der Waals surface area contributed by atoms with Gasteiger partial charge in [0.05, 0.1) is 45.1 Å². The molecular weight excluding hydrogens is 748 g/mol. The number of hydrogen-bond donors (Lipinski definition) is 0. The van der Waals surface area contributed by atoms with E-state index >= 15 is 13.2 Å². The fraction of sp³-hybridized carbons (Fsp3) is 0.0926. The second-order valence-corrected chi connectivity index (χ2v) is 15.9. The monoisotopic (exact) mass is 785 g/mol. The molecule has 2 heterocycles. The molecule has 3 nitrogen and oxygen atoms in total. The highest BCUT2D eigenvalue weighted by atomic mass is 19.4. The summed E-state index contributed by atoms with van der Waals surface area (Å²) in [6.45, 7) is 8.22. The van der Waals surface area contributed by atoms with Crippen molar-refractivity contribution in [3.8, 4) is 50.8 Å². The molecule has 0 aliphatic heterocycles. The Hall–Kier alpha value is -7.36. The molecule has 0 radical (unpaired) electrons. The number of aryl methyl sites for hydroxylation is 4. The lowest BCUT2D eigenvalue weighted by atomic mass is 9.97. The van der Waals surface area contributed by atoms with E-state index in [1.54, 1.807) is 39.5 Å². The minimum atomic E-state index is -4.80. The van der Waals surface area contributed by atoms with Gasteiger partial charge in [-0.1, -0.05) is 120 Å². The summed E-state index contributed by atoms with van der Waals surface area (Å²) in [6, 6.07) is 52.7. The number of fused-ring (bicyclic) bond motifs is 6. The summed E-state index contributed by atoms with van der Waals surface area (Å²) in [6.07, 6.45) is -4.80. The second kappa shape index (κ2) is 13.9. The summed E-state index contributed by atoms with van der Waals surface area (Å²) < 4.78 is 53.2. The molecule has 0 unspecified atom stereocenters. The molecular formula is C54H38F3N3. The molecule has 0 saturated heterocycles. The maximum atomic E-state index is 16.5. The molecule has 10 rings (SSSR count). The normalized spacial score (nSPS) is 11.9. The molecule has 8 aromatic carbocycles. The predicted octanol–water partition coefficient (Wildman–Crippen LogP) is 15.0. The van der Waals surface area contributed by atoms with Crippen molar-refractivity contribution in [2.45, 2.75) is 33.9 Å². The summed E-state index contributed by atoms with van der Waals surface area (Å²) in [4.78, 5) is 0. The zero-order chi connectivity index (χ0) is 41.4. The van der Waals surface area contributed by atoms with Gasteiger partial charge in [0.15, 0.2) is 0 Å². The Morgan fingerprint density at radius 3 is 1.38 bits per heavy atom. The number of halogens is 3. The van der Waals surface area contributed by atoms with Crippen molar-refractivity contribution in [2.24, 2.45) is 0 Å². The van der Waals surface area contributed by atoms with Crippen LogP contribution in [0, 0.1) is 39.0 Å². The molecule has 0 aliphatic rings. The maximum absolute atomic E-state index is 16.5.